The van der Waals surface area contributed by atoms with Gasteiger partial charge in [0.1, 0.15) is 0 Å². The monoisotopic (exact) mass is 867 g/mol. The van der Waals surface area contributed by atoms with Crippen molar-refractivity contribution in [2.24, 2.45) is 0 Å². The molecule has 0 saturated carbocycles. The smallest absolute Gasteiger partial charge is 0.164 e. The second kappa shape index (κ2) is 16.4. The van der Waals surface area contributed by atoms with Crippen LogP contribution in [0.3, 0.4) is 0 Å². The summed E-state index contributed by atoms with van der Waals surface area (Å²) in [4.78, 5) is 15.6. The fraction of sp³-hybridized carbons (Fsp3) is 0. The third-order valence-corrected chi connectivity index (χ3v) is 13.2. The number of hydrogen-bond acceptors (Lipinski definition) is 3. The molecular formula is C63H41N5. The van der Waals surface area contributed by atoms with Crippen LogP contribution < -0.4 is 0 Å². The molecule has 5 heteroatoms. The number of fused-ring (bicyclic) bond motifs is 6. The average Bonchev–Trinajstić information content (AvgIpc) is 3.94. The Bertz CT molecular complexity index is 3890. The fourth-order valence-corrected chi connectivity index (χ4v) is 9.88. The van der Waals surface area contributed by atoms with Gasteiger partial charge in [-0.05, 0) is 88.0 Å². The largest absolute Gasteiger partial charge is 0.309 e. The zero-order valence-corrected chi connectivity index (χ0v) is 36.9. The standard InChI is InChI=1S/C63H41N5/c1-2-14-42(15-3-1)48-16-12-17-49(40-48)45-30-34-47(35-31-45)62-64-61(65-63(66-62)50-18-13-19-52(41-50)68-59-26-10-6-22-55(59)56-23-7-11-27-60(56)68)46-32-28-43(29-33-46)44-36-38-51(39-37-44)67-57-24-8-4-20-53(57)54-21-5-9-25-58(54)67/h1-41H. The third-order valence-electron chi connectivity index (χ3n) is 13.2. The van der Waals surface area contributed by atoms with E-state index < -0.39 is 0 Å². The number of benzene rings is 10. The normalized spacial score (nSPS) is 11.5. The molecule has 0 aliphatic heterocycles. The van der Waals surface area contributed by atoms with Crippen molar-refractivity contribution in [3.63, 3.8) is 0 Å². The Labute approximate surface area is 393 Å². The molecule has 10 aromatic carbocycles. The Morgan fingerprint density at radius 3 is 1.01 bits per heavy atom. The Balaban J connectivity index is 0.879. The summed E-state index contributed by atoms with van der Waals surface area (Å²) in [7, 11) is 0. The van der Waals surface area contributed by atoms with E-state index in [1.54, 1.807) is 0 Å². The number of nitrogens with zero attached hydrogens (tertiary/aromatic N) is 5. The second-order valence-corrected chi connectivity index (χ2v) is 17.2. The zero-order chi connectivity index (χ0) is 45.0. The van der Waals surface area contributed by atoms with Crippen LogP contribution in [0.5, 0.6) is 0 Å². The molecule has 0 bridgehead atoms. The van der Waals surface area contributed by atoms with Crippen molar-refractivity contribution in [1.29, 1.82) is 0 Å². The molecule has 0 fully saturated rings. The van der Waals surface area contributed by atoms with Crippen LogP contribution in [0, 0.1) is 0 Å². The predicted octanol–water partition coefficient (Wildman–Crippen LogP) is 16.1. The number of rotatable bonds is 8. The second-order valence-electron chi connectivity index (χ2n) is 17.2. The summed E-state index contributed by atoms with van der Waals surface area (Å²) in [6, 6.07) is 88.1. The SMILES string of the molecule is c1ccc(-c2cccc(-c3ccc(-c4nc(-c5ccc(-c6ccc(-n7c8ccccc8c8ccccc87)cc6)cc5)nc(-c5cccc(-n6c7ccccc7c7ccccc76)c5)n4)cc3)c2)cc1. The van der Waals surface area contributed by atoms with E-state index in [9.17, 15) is 0 Å². The first kappa shape index (κ1) is 39.2. The topological polar surface area (TPSA) is 48.5 Å². The highest BCUT2D eigenvalue weighted by molar-refractivity contribution is 6.10. The molecule has 0 aliphatic carbocycles. The number of para-hydroxylation sites is 4. The molecule has 13 aromatic rings. The summed E-state index contributed by atoms with van der Waals surface area (Å²) >= 11 is 0. The van der Waals surface area contributed by atoms with Crippen LogP contribution in [-0.4, -0.2) is 24.1 Å². The molecule has 68 heavy (non-hydrogen) atoms. The summed E-state index contributed by atoms with van der Waals surface area (Å²) < 4.78 is 4.68. The van der Waals surface area contributed by atoms with Crippen LogP contribution in [0.2, 0.25) is 0 Å². The highest BCUT2D eigenvalue weighted by Gasteiger charge is 2.17. The average molecular weight is 868 g/mol. The highest BCUT2D eigenvalue weighted by Crippen LogP contribution is 2.36. The van der Waals surface area contributed by atoms with Crippen molar-refractivity contribution in [2.45, 2.75) is 0 Å². The lowest BCUT2D eigenvalue weighted by Gasteiger charge is -2.12. The van der Waals surface area contributed by atoms with Gasteiger partial charge < -0.3 is 9.13 Å². The van der Waals surface area contributed by atoms with Crippen molar-refractivity contribution >= 4 is 43.6 Å². The van der Waals surface area contributed by atoms with E-state index in [1.807, 2.05) is 0 Å². The summed E-state index contributed by atoms with van der Waals surface area (Å²) in [5.41, 5.74) is 16.5. The molecule has 0 saturated heterocycles. The first-order valence-electron chi connectivity index (χ1n) is 23.0. The van der Waals surface area contributed by atoms with Crippen LogP contribution in [0.25, 0.3) is 123 Å². The number of aromatic nitrogens is 5. The first-order valence-corrected chi connectivity index (χ1v) is 23.0. The highest BCUT2D eigenvalue weighted by atomic mass is 15.0. The maximum Gasteiger partial charge on any atom is 0.164 e. The van der Waals surface area contributed by atoms with Gasteiger partial charge in [0.25, 0.3) is 0 Å². The van der Waals surface area contributed by atoms with Crippen molar-refractivity contribution in [3.05, 3.63) is 249 Å². The Hall–Kier alpha value is -9.19. The van der Waals surface area contributed by atoms with Gasteiger partial charge in [-0.25, -0.2) is 15.0 Å². The molecule has 0 unspecified atom stereocenters. The van der Waals surface area contributed by atoms with Crippen molar-refractivity contribution in [3.8, 4) is 78.9 Å². The Morgan fingerprint density at radius 2 is 0.529 bits per heavy atom. The molecule has 3 aromatic heterocycles. The van der Waals surface area contributed by atoms with Gasteiger partial charge in [0.2, 0.25) is 0 Å². The van der Waals surface area contributed by atoms with Crippen molar-refractivity contribution < 1.29 is 0 Å². The minimum absolute atomic E-state index is 0.608. The van der Waals surface area contributed by atoms with Gasteiger partial charge in [0.05, 0.1) is 22.1 Å². The fourth-order valence-electron chi connectivity index (χ4n) is 9.88. The number of hydrogen-bond donors (Lipinski definition) is 0. The van der Waals surface area contributed by atoms with E-state index in [2.05, 4.69) is 258 Å². The summed E-state index contributed by atoms with van der Waals surface area (Å²) in [6.45, 7) is 0. The van der Waals surface area contributed by atoms with Gasteiger partial charge in [0, 0.05) is 49.6 Å². The summed E-state index contributed by atoms with van der Waals surface area (Å²) in [5.74, 6) is 1.83. The van der Waals surface area contributed by atoms with E-state index in [-0.39, 0.29) is 0 Å². The van der Waals surface area contributed by atoms with Crippen molar-refractivity contribution in [1.82, 2.24) is 24.1 Å². The summed E-state index contributed by atoms with van der Waals surface area (Å²) in [6.07, 6.45) is 0. The quantitative estimate of drug-likeness (QED) is 0.153. The predicted molar refractivity (Wildman–Crippen MR) is 281 cm³/mol. The van der Waals surface area contributed by atoms with Gasteiger partial charge in [-0.2, -0.15) is 0 Å². The maximum atomic E-state index is 5.21. The van der Waals surface area contributed by atoms with Crippen LogP contribution in [0.1, 0.15) is 0 Å². The van der Waals surface area contributed by atoms with E-state index >= 15 is 0 Å². The Morgan fingerprint density at radius 1 is 0.206 bits per heavy atom. The van der Waals surface area contributed by atoms with Crippen LogP contribution >= 0.6 is 0 Å². The van der Waals surface area contributed by atoms with Crippen LogP contribution in [0.15, 0.2) is 249 Å². The van der Waals surface area contributed by atoms with E-state index in [0.29, 0.717) is 17.5 Å². The molecule has 3 heterocycles. The Kier molecular flexibility index (Phi) is 9.43. The third kappa shape index (κ3) is 6.84. The van der Waals surface area contributed by atoms with E-state index in [1.165, 1.54) is 43.7 Å². The zero-order valence-electron chi connectivity index (χ0n) is 36.9. The lowest BCUT2D eigenvalue weighted by molar-refractivity contribution is 1.07. The van der Waals surface area contributed by atoms with Gasteiger partial charge in [0.15, 0.2) is 17.5 Å². The molecule has 0 amide bonds. The molecule has 5 nitrogen and oxygen atoms in total. The molecule has 13 rings (SSSR count). The lowest BCUT2D eigenvalue weighted by atomic mass is 9.98. The molecule has 0 atom stereocenters. The maximum absolute atomic E-state index is 5.21. The molecular weight excluding hydrogens is 827 g/mol. The van der Waals surface area contributed by atoms with Crippen molar-refractivity contribution in [2.75, 3.05) is 0 Å². The van der Waals surface area contributed by atoms with Gasteiger partial charge in [-0.3, -0.25) is 0 Å². The van der Waals surface area contributed by atoms with Crippen LogP contribution in [-0.2, 0) is 0 Å². The molecule has 0 aliphatic rings. The van der Waals surface area contributed by atoms with Gasteiger partial charge in [-0.1, -0.05) is 194 Å². The molecule has 0 radical (unpaired) electrons. The summed E-state index contributed by atoms with van der Waals surface area (Å²) in [5, 5.41) is 4.95. The first-order chi connectivity index (χ1) is 33.7. The van der Waals surface area contributed by atoms with E-state index in [4.69, 9.17) is 15.0 Å². The molecule has 0 N–H and O–H groups in total. The van der Waals surface area contributed by atoms with Crippen LogP contribution in [0.4, 0.5) is 0 Å². The molecule has 318 valence electrons. The minimum Gasteiger partial charge on any atom is -0.309 e. The van der Waals surface area contributed by atoms with Gasteiger partial charge >= 0.3 is 0 Å². The minimum atomic E-state index is 0.608. The molecule has 0 spiro atoms. The van der Waals surface area contributed by atoms with E-state index in [0.717, 1.165) is 61.4 Å². The lowest BCUT2D eigenvalue weighted by Crippen LogP contribution is -2.01. The van der Waals surface area contributed by atoms with Gasteiger partial charge in [-0.15, -0.1) is 0 Å².